The van der Waals surface area contributed by atoms with E-state index in [9.17, 15) is 4.79 Å². The molecule has 4 rings (SSSR count). The van der Waals surface area contributed by atoms with E-state index < -0.39 is 0 Å². The maximum atomic E-state index is 11.1. The standard InChI is InChI=1S/C16H25NO/c1-11(3-12(2)18)10-17-16-7-13-4-14(8-16)6-15(5-13)9-16/h3,13-15,17H,4-10H2,1-2H3/b11-3+. The predicted octanol–water partition coefficient (Wildman–Crippen LogP) is 3.08. The molecule has 4 fully saturated rings. The summed E-state index contributed by atoms with van der Waals surface area (Å²) in [6, 6.07) is 0. The number of rotatable bonds is 4. The normalized spacial score (nSPS) is 42.3. The first kappa shape index (κ1) is 12.4. The molecule has 0 spiro atoms. The summed E-state index contributed by atoms with van der Waals surface area (Å²) in [6.45, 7) is 4.59. The van der Waals surface area contributed by atoms with Gasteiger partial charge in [0.1, 0.15) is 0 Å². The molecule has 4 saturated carbocycles. The number of hydrogen-bond donors (Lipinski definition) is 1. The van der Waals surface area contributed by atoms with Crippen LogP contribution in [0.15, 0.2) is 11.6 Å². The first-order valence-corrected chi connectivity index (χ1v) is 7.47. The van der Waals surface area contributed by atoms with Crippen molar-refractivity contribution in [1.29, 1.82) is 0 Å². The van der Waals surface area contributed by atoms with Crippen LogP contribution in [0, 0.1) is 17.8 Å². The summed E-state index contributed by atoms with van der Waals surface area (Å²) in [4.78, 5) is 11.1. The fraction of sp³-hybridized carbons (Fsp3) is 0.812. The van der Waals surface area contributed by atoms with E-state index in [-0.39, 0.29) is 5.78 Å². The van der Waals surface area contributed by atoms with E-state index in [0.29, 0.717) is 5.54 Å². The molecular weight excluding hydrogens is 222 g/mol. The molecule has 0 aromatic carbocycles. The molecule has 0 radical (unpaired) electrons. The first-order valence-electron chi connectivity index (χ1n) is 7.47. The van der Waals surface area contributed by atoms with Gasteiger partial charge in [0.2, 0.25) is 0 Å². The zero-order valence-electron chi connectivity index (χ0n) is 11.7. The molecular formula is C16H25NO. The summed E-state index contributed by atoms with van der Waals surface area (Å²) in [5, 5.41) is 3.81. The van der Waals surface area contributed by atoms with Gasteiger partial charge in [0.25, 0.3) is 0 Å². The van der Waals surface area contributed by atoms with Crippen molar-refractivity contribution in [3.8, 4) is 0 Å². The second-order valence-corrected chi connectivity index (χ2v) is 7.15. The third kappa shape index (κ3) is 2.40. The van der Waals surface area contributed by atoms with Crippen LogP contribution in [0.5, 0.6) is 0 Å². The van der Waals surface area contributed by atoms with E-state index in [1.54, 1.807) is 13.0 Å². The van der Waals surface area contributed by atoms with Gasteiger partial charge in [-0.25, -0.2) is 0 Å². The smallest absolute Gasteiger partial charge is 0.152 e. The number of allylic oxidation sites excluding steroid dienone is 1. The van der Waals surface area contributed by atoms with E-state index in [1.807, 2.05) is 0 Å². The van der Waals surface area contributed by atoms with Gasteiger partial charge in [-0.2, -0.15) is 0 Å². The van der Waals surface area contributed by atoms with E-state index in [1.165, 1.54) is 44.1 Å². The van der Waals surface area contributed by atoms with Crippen molar-refractivity contribution in [1.82, 2.24) is 5.32 Å². The Balaban J connectivity index is 1.64. The Kier molecular flexibility index (Phi) is 3.09. The van der Waals surface area contributed by atoms with Crippen LogP contribution in [0.3, 0.4) is 0 Å². The fourth-order valence-corrected chi connectivity index (χ4v) is 5.05. The summed E-state index contributed by atoms with van der Waals surface area (Å²) in [6.07, 6.45) is 10.4. The Morgan fingerprint density at radius 2 is 1.61 bits per heavy atom. The molecule has 2 heteroatoms. The Labute approximate surface area is 110 Å². The van der Waals surface area contributed by atoms with Crippen LogP contribution in [0.1, 0.15) is 52.4 Å². The van der Waals surface area contributed by atoms with Crippen LogP contribution in [0.25, 0.3) is 0 Å². The summed E-state index contributed by atoms with van der Waals surface area (Å²) in [5.41, 5.74) is 1.60. The molecule has 0 saturated heterocycles. The molecule has 0 aromatic rings. The molecule has 2 nitrogen and oxygen atoms in total. The molecule has 0 amide bonds. The second kappa shape index (κ2) is 4.48. The van der Waals surface area contributed by atoms with Crippen molar-refractivity contribution < 1.29 is 4.79 Å². The maximum absolute atomic E-state index is 11.1. The van der Waals surface area contributed by atoms with Gasteiger partial charge in [0.15, 0.2) is 5.78 Å². The van der Waals surface area contributed by atoms with Crippen molar-refractivity contribution in [2.75, 3.05) is 6.54 Å². The maximum Gasteiger partial charge on any atom is 0.152 e. The van der Waals surface area contributed by atoms with E-state index >= 15 is 0 Å². The van der Waals surface area contributed by atoms with Crippen LogP contribution >= 0.6 is 0 Å². The number of ketones is 1. The van der Waals surface area contributed by atoms with Gasteiger partial charge in [-0.1, -0.05) is 5.57 Å². The highest BCUT2D eigenvalue weighted by Crippen LogP contribution is 2.55. The number of nitrogens with one attached hydrogen (secondary N) is 1. The monoisotopic (exact) mass is 247 g/mol. The average Bonchev–Trinajstić information content (AvgIpc) is 2.23. The predicted molar refractivity (Wildman–Crippen MR) is 73.3 cm³/mol. The average molecular weight is 247 g/mol. The van der Waals surface area contributed by atoms with Crippen LogP contribution in [-0.4, -0.2) is 17.9 Å². The minimum absolute atomic E-state index is 0.166. The molecule has 4 aliphatic carbocycles. The van der Waals surface area contributed by atoms with Gasteiger partial charge in [-0.3, -0.25) is 4.79 Å². The summed E-state index contributed by atoms with van der Waals surface area (Å²) in [5.74, 6) is 3.13. The molecule has 4 aliphatic rings. The van der Waals surface area contributed by atoms with E-state index in [4.69, 9.17) is 0 Å². The highest BCUT2D eigenvalue weighted by Gasteiger charge is 2.50. The molecule has 0 aliphatic heterocycles. The molecule has 0 heterocycles. The van der Waals surface area contributed by atoms with Gasteiger partial charge >= 0.3 is 0 Å². The summed E-state index contributed by atoms with van der Waals surface area (Å²) >= 11 is 0. The molecule has 0 unspecified atom stereocenters. The van der Waals surface area contributed by atoms with Crippen LogP contribution < -0.4 is 5.32 Å². The van der Waals surface area contributed by atoms with Crippen molar-refractivity contribution >= 4 is 5.78 Å². The van der Waals surface area contributed by atoms with Gasteiger partial charge in [0, 0.05) is 12.1 Å². The largest absolute Gasteiger partial charge is 0.307 e. The minimum Gasteiger partial charge on any atom is -0.307 e. The quantitative estimate of drug-likeness (QED) is 0.774. The lowest BCUT2D eigenvalue weighted by atomic mass is 9.53. The van der Waals surface area contributed by atoms with E-state index in [0.717, 1.165) is 24.3 Å². The number of hydrogen-bond acceptors (Lipinski definition) is 2. The Hall–Kier alpha value is -0.630. The Bertz CT molecular complexity index is 347. The van der Waals surface area contributed by atoms with Gasteiger partial charge in [-0.05, 0) is 76.2 Å². The highest BCUT2D eigenvalue weighted by molar-refractivity contribution is 5.87. The lowest BCUT2D eigenvalue weighted by Gasteiger charge is -2.57. The highest BCUT2D eigenvalue weighted by atomic mass is 16.1. The summed E-state index contributed by atoms with van der Waals surface area (Å²) in [7, 11) is 0. The fourth-order valence-electron chi connectivity index (χ4n) is 5.05. The van der Waals surface area contributed by atoms with Crippen LogP contribution in [-0.2, 0) is 4.79 Å². The molecule has 0 atom stereocenters. The number of carbonyl (C=O) groups excluding carboxylic acids is 1. The first-order chi connectivity index (χ1) is 8.55. The summed E-state index contributed by atoms with van der Waals surface area (Å²) < 4.78 is 0. The lowest BCUT2D eigenvalue weighted by molar-refractivity contribution is -0.112. The molecule has 4 bridgehead atoms. The van der Waals surface area contributed by atoms with Gasteiger partial charge in [0.05, 0.1) is 0 Å². The van der Waals surface area contributed by atoms with Crippen LogP contribution in [0.2, 0.25) is 0 Å². The third-order valence-corrected chi connectivity index (χ3v) is 5.23. The zero-order valence-corrected chi connectivity index (χ0v) is 11.7. The van der Waals surface area contributed by atoms with Crippen molar-refractivity contribution in [2.24, 2.45) is 17.8 Å². The zero-order chi connectivity index (χ0) is 12.8. The minimum atomic E-state index is 0.166. The van der Waals surface area contributed by atoms with Crippen molar-refractivity contribution in [3.63, 3.8) is 0 Å². The second-order valence-electron chi connectivity index (χ2n) is 7.15. The Morgan fingerprint density at radius 3 is 2.06 bits per heavy atom. The lowest BCUT2D eigenvalue weighted by Crippen LogP contribution is -2.58. The van der Waals surface area contributed by atoms with Crippen LogP contribution in [0.4, 0.5) is 0 Å². The van der Waals surface area contributed by atoms with Gasteiger partial charge < -0.3 is 5.32 Å². The Morgan fingerprint density at radius 1 is 1.11 bits per heavy atom. The van der Waals surface area contributed by atoms with E-state index in [2.05, 4.69) is 12.2 Å². The molecule has 18 heavy (non-hydrogen) atoms. The third-order valence-electron chi connectivity index (χ3n) is 5.23. The number of carbonyl (C=O) groups is 1. The molecule has 0 aromatic heterocycles. The molecule has 100 valence electrons. The molecule has 1 N–H and O–H groups in total. The van der Waals surface area contributed by atoms with Crippen molar-refractivity contribution in [3.05, 3.63) is 11.6 Å². The topological polar surface area (TPSA) is 29.1 Å². The SMILES string of the molecule is CC(=O)/C=C(\C)CNC12CC3CC(CC(C3)C1)C2. The van der Waals surface area contributed by atoms with Gasteiger partial charge in [-0.15, -0.1) is 0 Å². The van der Waals surface area contributed by atoms with Crippen molar-refractivity contribution in [2.45, 2.75) is 57.9 Å².